The fourth-order valence-electron chi connectivity index (χ4n) is 4.53. The fourth-order valence-corrected chi connectivity index (χ4v) is 5.48. The molecule has 0 saturated heterocycles. The molecule has 10 nitrogen and oxygen atoms in total. The van der Waals surface area contributed by atoms with Crippen LogP contribution < -0.4 is 21.4 Å². The van der Waals surface area contributed by atoms with Crippen LogP contribution in [0.5, 0.6) is 0 Å². The topological polar surface area (TPSA) is 161 Å². The van der Waals surface area contributed by atoms with Crippen LogP contribution in [0.25, 0.3) is 22.4 Å². The zero-order valence-electron chi connectivity index (χ0n) is 18.7. The molecule has 1 atom stereocenters. The Morgan fingerprint density at radius 1 is 1.36 bits per heavy atom. The molecule has 4 aromatic rings. The molecule has 0 saturated carbocycles. The smallest absolute Gasteiger partial charge is 0.276 e. The van der Waals surface area contributed by atoms with Crippen molar-refractivity contribution >= 4 is 35.0 Å². The third-order valence-electron chi connectivity index (χ3n) is 6.21. The van der Waals surface area contributed by atoms with Gasteiger partial charge in [-0.25, -0.2) is 15.2 Å². The van der Waals surface area contributed by atoms with Crippen molar-refractivity contribution in [2.75, 3.05) is 5.01 Å². The number of nitrogens with one attached hydrogen (secondary N) is 1. The summed E-state index contributed by atoms with van der Waals surface area (Å²) in [5.41, 5.74) is 1.63. The lowest BCUT2D eigenvalue weighted by Gasteiger charge is -2.18. The zero-order chi connectivity index (χ0) is 25.6. The predicted octanol–water partition coefficient (Wildman–Crippen LogP) is 2.38. The Bertz CT molecular complexity index is 1490. The van der Waals surface area contributed by atoms with Gasteiger partial charge in [-0.3, -0.25) is 10.2 Å². The summed E-state index contributed by atoms with van der Waals surface area (Å²) in [6, 6.07) is 6.89. The van der Waals surface area contributed by atoms with Gasteiger partial charge in [0.05, 0.1) is 34.6 Å². The molecule has 0 aliphatic heterocycles. The number of aliphatic hydroxyl groups excluding tert-OH is 1. The molecule has 36 heavy (non-hydrogen) atoms. The van der Waals surface area contributed by atoms with Gasteiger partial charge in [0, 0.05) is 31.8 Å². The van der Waals surface area contributed by atoms with Crippen LogP contribution in [-0.2, 0) is 18.6 Å². The van der Waals surface area contributed by atoms with E-state index in [1.165, 1.54) is 23.7 Å². The maximum Gasteiger partial charge on any atom is 0.276 e. The van der Waals surface area contributed by atoms with Crippen molar-refractivity contribution in [3.8, 4) is 22.4 Å². The van der Waals surface area contributed by atoms with Crippen LogP contribution in [0.2, 0.25) is 5.02 Å². The number of rotatable bonds is 6. The van der Waals surface area contributed by atoms with Crippen LogP contribution in [0, 0.1) is 5.82 Å². The minimum absolute atomic E-state index is 0.165. The number of aliphatic hydroxyl groups is 2. The summed E-state index contributed by atoms with van der Waals surface area (Å²) in [6.45, 7) is -0.406. The highest BCUT2D eigenvalue weighted by Gasteiger charge is 2.50. The molecule has 3 aromatic heterocycles. The number of anilines is 1. The monoisotopic (exact) mass is 530 g/mol. The molecule has 0 amide bonds. The molecule has 0 fully saturated rings. The van der Waals surface area contributed by atoms with E-state index < -0.39 is 18.0 Å². The number of aromatic amines is 1. The number of benzene rings is 1. The van der Waals surface area contributed by atoms with Gasteiger partial charge in [-0.1, -0.05) is 11.6 Å². The summed E-state index contributed by atoms with van der Waals surface area (Å²) in [5, 5.41) is 38.6. The summed E-state index contributed by atoms with van der Waals surface area (Å²) in [5.74, 6) is 10.9. The number of aromatic nitrogens is 3. The Morgan fingerprint density at radius 2 is 2.17 bits per heavy atom. The Labute approximate surface area is 213 Å². The molecular formula is C23H22ClFN7O3S+. The third-order valence-corrected chi connectivity index (χ3v) is 7.39. The minimum Gasteiger partial charge on any atom is -0.391 e. The van der Waals surface area contributed by atoms with Crippen molar-refractivity contribution in [3.63, 3.8) is 0 Å². The van der Waals surface area contributed by atoms with Crippen molar-refractivity contribution in [3.05, 3.63) is 74.8 Å². The number of nitrogens with zero attached hydrogens (tertiary/aromatic N) is 4. The molecule has 8 N–H and O–H groups in total. The molecule has 1 aliphatic rings. The number of imidazole rings is 1. The molecule has 186 valence electrons. The van der Waals surface area contributed by atoms with Gasteiger partial charge in [-0.2, -0.15) is 5.10 Å². The largest absolute Gasteiger partial charge is 0.391 e. The van der Waals surface area contributed by atoms with Gasteiger partial charge in [0.1, 0.15) is 18.0 Å². The van der Waals surface area contributed by atoms with E-state index in [0.29, 0.717) is 39.5 Å². The van der Waals surface area contributed by atoms with E-state index in [0.717, 1.165) is 16.1 Å². The van der Waals surface area contributed by atoms with Crippen molar-refractivity contribution in [1.82, 2.24) is 9.97 Å². The van der Waals surface area contributed by atoms with Crippen LogP contribution in [0.1, 0.15) is 28.4 Å². The summed E-state index contributed by atoms with van der Waals surface area (Å²) in [7, 11) is 0. The molecular weight excluding hydrogens is 509 g/mol. The van der Waals surface area contributed by atoms with Crippen LogP contribution in [0.15, 0.2) is 47.1 Å². The van der Waals surface area contributed by atoms with E-state index >= 15 is 0 Å². The maximum absolute atomic E-state index is 14.5. The first-order valence-corrected chi connectivity index (χ1v) is 12.0. The highest BCUT2D eigenvalue weighted by molar-refractivity contribution is 7.10. The van der Waals surface area contributed by atoms with Crippen molar-refractivity contribution in [2.24, 2.45) is 16.8 Å². The van der Waals surface area contributed by atoms with E-state index in [1.807, 2.05) is 6.07 Å². The molecule has 13 heteroatoms. The summed E-state index contributed by atoms with van der Waals surface area (Å²) in [4.78, 5) is 7.48. The van der Waals surface area contributed by atoms with Crippen molar-refractivity contribution in [1.29, 1.82) is 0 Å². The molecule has 5 rings (SSSR count). The van der Waals surface area contributed by atoms with E-state index in [9.17, 15) is 19.8 Å². The molecule has 1 unspecified atom stereocenters. The molecule has 0 bridgehead atoms. The van der Waals surface area contributed by atoms with Gasteiger partial charge in [0.2, 0.25) is 11.8 Å². The number of pyridine rings is 1. The number of nitrogens with two attached hydrogens (primary N) is 2. The highest BCUT2D eigenvalue weighted by atomic mass is 35.5. The predicted molar refractivity (Wildman–Crippen MR) is 133 cm³/mol. The SMILES string of the molecule is N/N=C\N(N)c1ccc(Cl)cc1-c1cc2c([n+](O)c1)C(O)(c1ncc(-c3csc(CO)c3F)[nH]1)CC2. The van der Waals surface area contributed by atoms with Gasteiger partial charge in [0.25, 0.3) is 5.69 Å². The van der Waals surface area contributed by atoms with E-state index in [2.05, 4.69) is 15.1 Å². The molecule has 1 aromatic carbocycles. The Hall–Kier alpha value is -3.55. The molecule has 1 aliphatic carbocycles. The van der Waals surface area contributed by atoms with Crippen molar-refractivity contribution < 1.29 is 24.5 Å². The first-order chi connectivity index (χ1) is 17.3. The summed E-state index contributed by atoms with van der Waals surface area (Å²) >= 11 is 7.32. The lowest BCUT2D eigenvalue weighted by molar-refractivity contribution is -0.912. The van der Waals surface area contributed by atoms with Crippen LogP contribution in [-0.4, -0.2) is 31.7 Å². The second-order valence-corrected chi connectivity index (χ2v) is 9.73. The minimum atomic E-state index is -1.64. The van der Waals surface area contributed by atoms with Gasteiger partial charge in [-0.15, -0.1) is 11.3 Å². The number of halogens is 2. The van der Waals surface area contributed by atoms with E-state index in [-0.39, 0.29) is 28.4 Å². The Morgan fingerprint density at radius 3 is 2.89 bits per heavy atom. The zero-order valence-corrected chi connectivity index (χ0v) is 20.3. The summed E-state index contributed by atoms with van der Waals surface area (Å²) < 4.78 is 15.4. The average molecular weight is 531 g/mol. The lowest BCUT2D eigenvalue weighted by atomic mass is 9.98. The standard InChI is InChI=1S/C23H22ClFN7O3S/c24-14-1-2-18(31(27)11-29-26)15(6-14)13-5-12-3-4-23(34,21(12)32(35)8-13)22-28-7-17(30-22)16-10-36-19(9-33)20(16)25/h1-2,5-8,10-11,33-35H,3-4,9,26-27H2,(H,28,30)/q+1/b29-11-. The number of hydrogen-bond donors (Lipinski definition) is 6. The van der Waals surface area contributed by atoms with Crippen LogP contribution in [0.3, 0.4) is 0 Å². The number of hydrogen-bond acceptors (Lipinski definition) is 8. The van der Waals surface area contributed by atoms with Gasteiger partial charge < -0.3 is 21.0 Å². The Balaban J connectivity index is 1.56. The molecule has 3 heterocycles. The number of fused-ring (bicyclic) bond motifs is 1. The molecule has 0 radical (unpaired) electrons. The Kier molecular flexibility index (Phi) is 6.14. The van der Waals surface area contributed by atoms with Gasteiger partial charge in [0.15, 0.2) is 0 Å². The normalized spacial score (nSPS) is 17.1. The first-order valence-electron chi connectivity index (χ1n) is 10.8. The van der Waals surface area contributed by atoms with Crippen molar-refractivity contribution in [2.45, 2.75) is 25.0 Å². The second kappa shape index (κ2) is 9.15. The fraction of sp³-hybridized carbons (Fsp3) is 0.174. The van der Waals surface area contributed by atoms with Gasteiger partial charge >= 0.3 is 0 Å². The van der Waals surface area contributed by atoms with Crippen LogP contribution in [0.4, 0.5) is 10.1 Å². The van der Waals surface area contributed by atoms with Crippen LogP contribution >= 0.6 is 22.9 Å². The lowest BCUT2D eigenvalue weighted by Crippen LogP contribution is -2.44. The highest BCUT2D eigenvalue weighted by Crippen LogP contribution is 2.42. The van der Waals surface area contributed by atoms with E-state index in [4.69, 9.17) is 23.3 Å². The number of thiophene rings is 1. The quantitative estimate of drug-likeness (QED) is 0.0557. The average Bonchev–Trinajstić information content (AvgIpc) is 3.57. The third kappa shape index (κ3) is 3.88. The number of hydrazone groups is 1. The number of H-pyrrole nitrogens is 1. The maximum atomic E-state index is 14.5. The molecule has 0 spiro atoms. The number of hydrazine groups is 1. The number of aryl methyl sites for hydroxylation is 1. The second-order valence-electron chi connectivity index (χ2n) is 8.33. The summed E-state index contributed by atoms with van der Waals surface area (Å²) in [6.07, 6.45) is 4.76. The first kappa shape index (κ1) is 24.2. The van der Waals surface area contributed by atoms with Gasteiger partial charge in [-0.05, 0) is 37.1 Å². The van der Waals surface area contributed by atoms with E-state index in [1.54, 1.807) is 23.6 Å².